The third-order valence-corrected chi connectivity index (χ3v) is 0.702. The van der Waals surface area contributed by atoms with Gasteiger partial charge >= 0.3 is 0 Å². The van der Waals surface area contributed by atoms with Gasteiger partial charge in [0.15, 0.2) is 5.15 Å². The number of halogens is 2. The molecule has 0 aliphatic rings. The maximum Gasteiger partial charge on any atom is 0.232 e. The number of hydrogen-bond donors (Lipinski definition) is 0. The van der Waals surface area contributed by atoms with Gasteiger partial charge in [0.1, 0.15) is 6.20 Å². The lowest BCUT2D eigenvalue weighted by molar-refractivity contribution is 0.576. The molecule has 1 aromatic rings. The van der Waals surface area contributed by atoms with Gasteiger partial charge in [0.25, 0.3) is 0 Å². The predicted molar refractivity (Wildman–Crippen MR) is 25.8 cm³/mol. The molecule has 41 valence electrons. The van der Waals surface area contributed by atoms with Crippen LogP contribution in [0, 0.1) is 12.1 Å². The maximum absolute atomic E-state index is 11.9. The van der Waals surface area contributed by atoms with Crippen molar-refractivity contribution in [1.29, 1.82) is 0 Å². The lowest BCUT2D eigenvalue weighted by Crippen LogP contribution is -1.83. The van der Waals surface area contributed by atoms with Crippen LogP contribution in [0.5, 0.6) is 0 Å². The summed E-state index contributed by atoms with van der Waals surface area (Å²) >= 11 is 5.18. The first-order valence-corrected chi connectivity index (χ1v) is 2.22. The van der Waals surface area contributed by atoms with Crippen LogP contribution in [-0.2, 0) is 0 Å². The highest BCUT2D eigenvalue weighted by atomic mass is 35.5. The van der Waals surface area contributed by atoms with Crippen LogP contribution in [0.2, 0.25) is 5.15 Å². The van der Waals surface area contributed by atoms with Crippen LogP contribution in [0.3, 0.4) is 0 Å². The minimum atomic E-state index is -0.686. The highest BCUT2D eigenvalue weighted by molar-refractivity contribution is 6.29. The summed E-state index contributed by atoms with van der Waals surface area (Å²) < 4.78 is 11.9. The molecule has 0 unspecified atom stereocenters. The highest BCUT2D eigenvalue weighted by Crippen LogP contribution is 1.98. The molecule has 0 amide bonds. The second kappa shape index (κ2) is 2.05. The van der Waals surface area contributed by atoms with Crippen molar-refractivity contribution in [2.24, 2.45) is 0 Å². The Labute approximate surface area is 50.3 Å². The van der Waals surface area contributed by atoms with Crippen LogP contribution in [0.4, 0.5) is 4.39 Å². The summed E-state index contributed by atoms with van der Waals surface area (Å²) in [6.07, 6.45) is 3.17. The summed E-state index contributed by atoms with van der Waals surface area (Å²) in [7, 11) is 0. The molecular formula is C4HClFN2. The Kier molecular flexibility index (Phi) is 1.39. The Morgan fingerprint density at radius 1 is 1.75 bits per heavy atom. The number of rotatable bonds is 0. The van der Waals surface area contributed by atoms with E-state index in [4.69, 9.17) is 11.6 Å². The third kappa shape index (κ3) is 1.13. The van der Waals surface area contributed by atoms with Crippen LogP contribution < -0.4 is 0 Å². The summed E-state index contributed by atoms with van der Waals surface area (Å²) in [6, 6.07) is 0. The van der Waals surface area contributed by atoms with E-state index in [9.17, 15) is 4.39 Å². The fourth-order valence-electron chi connectivity index (χ4n) is 0.286. The van der Waals surface area contributed by atoms with Crippen LogP contribution in [0.25, 0.3) is 0 Å². The standard InChI is InChI=1S/C4HClFN2/c5-3-1-7-2-4(6)8-3/h2H. The fraction of sp³-hybridized carbons (Fsp3) is 0. The first-order chi connectivity index (χ1) is 3.79. The summed E-state index contributed by atoms with van der Waals surface area (Å²) in [5.41, 5.74) is 0. The fourth-order valence-corrected chi connectivity index (χ4v) is 0.416. The molecule has 8 heavy (non-hydrogen) atoms. The summed E-state index contributed by atoms with van der Waals surface area (Å²) in [5.74, 6) is -0.686. The molecule has 4 heteroatoms. The average Bonchev–Trinajstić information content (AvgIpc) is 1.64. The number of aromatic nitrogens is 2. The zero-order chi connectivity index (χ0) is 5.98. The molecule has 0 saturated heterocycles. The van der Waals surface area contributed by atoms with Crippen LogP contribution in [0.15, 0.2) is 6.20 Å². The van der Waals surface area contributed by atoms with Gasteiger partial charge in [-0.2, -0.15) is 4.39 Å². The van der Waals surface area contributed by atoms with Crippen molar-refractivity contribution >= 4 is 11.6 Å². The van der Waals surface area contributed by atoms with E-state index in [0.717, 1.165) is 6.20 Å². The predicted octanol–water partition coefficient (Wildman–Crippen LogP) is 1.07. The minimum Gasteiger partial charge on any atom is -0.246 e. The van der Waals surface area contributed by atoms with Crippen molar-refractivity contribution in [3.05, 3.63) is 23.5 Å². The zero-order valence-corrected chi connectivity index (χ0v) is 4.48. The molecule has 0 atom stereocenters. The van der Waals surface area contributed by atoms with E-state index in [1.165, 1.54) is 0 Å². The second-order valence-corrected chi connectivity index (χ2v) is 1.45. The smallest absolute Gasteiger partial charge is 0.232 e. The first kappa shape index (κ1) is 5.44. The normalized spacial score (nSPS) is 9.25. The molecule has 1 aromatic heterocycles. The Morgan fingerprint density at radius 2 is 2.50 bits per heavy atom. The number of hydrogen-bond acceptors (Lipinski definition) is 2. The summed E-state index contributed by atoms with van der Waals surface area (Å²) in [4.78, 5) is 6.44. The molecule has 1 heterocycles. The SMILES string of the molecule is Fc1cn[c]c(Cl)n1. The van der Waals surface area contributed by atoms with E-state index >= 15 is 0 Å². The molecule has 0 N–H and O–H groups in total. The molecule has 0 saturated carbocycles. The molecule has 1 radical (unpaired) electrons. The van der Waals surface area contributed by atoms with Crippen LogP contribution >= 0.6 is 11.6 Å². The van der Waals surface area contributed by atoms with Crippen molar-refractivity contribution in [3.8, 4) is 0 Å². The van der Waals surface area contributed by atoms with E-state index in [1.807, 2.05) is 0 Å². The van der Waals surface area contributed by atoms with Gasteiger partial charge in [-0.05, 0) is 0 Å². The Bertz CT molecular complexity index is 174. The monoisotopic (exact) mass is 131 g/mol. The van der Waals surface area contributed by atoms with Gasteiger partial charge in [0.2, 0.25) is 5.95 Å². The van der Waals surface area contributed by atoms with Gasteiger partial charge in [0.05, 0.1) is 6.20 Å². The minimum absolute atomic E-state index is 0.0509. The van der Waals surface area contributed by atoms with Crippen LogP contribution in [-0.4, -0.2) is 9.97 Å². The van der Waals surface area contributed by atoms with Crippen LogP contribution in [0.1, 0.15) is 0 Å². The molecule has 0 aromatic carbocycles. The topological polar surface area (TPSA) is 25.8 Å². The molecule has 1 rings (SSSR count). The molecule has 0 bridgehead atoms. The quantitative estimate of drug-likeness (QED) is 0.526. The third-order valence-electron chi connectivity index (χ3n) is 0.533. The van der Waals surface area contributed by atoms with E-state index in [2.05, 4.69) is 16.2 Å². The van der Waals surface area contributed by atoms with Gasteiger partial charge in [0, 0.05) is 0 Å². The van der Waals surface area contributed by atoms with Crippen molar-refractivity contribution in [1.82, 2.24) is 9.97 Å². The lowest BCUT2D eigenvalue weighted by atomic mass is 10.7. The number of nitrogens with zero attached hydrogens (tertiary/aromatic N) is 2. The van der Waals surface area contributed by atoms with Crippen molar-refractivity contribution in [3.63, 3.8) is 0 Å². The van der Waals surface area contributed by atoms with Gasteiger partial charge in [-0.3, -0.25) is 0 Å². The van der Waals surface area contributed by atoms with Gasteiger partial charge in [-0.15, -0.1) is 0 Å². The molecule has 0 aliphatic carbocycles. The van der Waals surface area contributed by atoms with Crippen molar-refractivity contribution in [2.75, 3.05) is 0 Å². The molecule has 0 spiro atoms. The van der Waals surface area contributed by atoms with E-state index in [0.29, 0.717) is 0 Å². The molecular weight excluding hydrogens is 131 g/mol. The summed E-state index contributed by atoms with van der Waals surface area (Å²) in [6.45, 7) is 0. The summed E-state index contributed by atoms with van der Waals surface area (Å²) in [5, 5.41) is -0.0509. The highest BCUT2D eigenvalue weighted by Gasteiger charge is 1.90. The Hall–Kier alpha value is -0.700. The largest absolute Gasteiger partial charge is 0.246 e. The average molecular weight is 132 g/mol. The van der Waals surface area contributed by atoms with Gasteiger partial charge < -0.3 is 0 Å². The second-order valence-electron chi connectivity index (χ2n) is 1.10. The van der Waals surface area contributed by atoms with Gasteiger partial charge in [-0.1, -0.05) is 11.6 Å². The van der Waals surface area contributed by atoms with Crippen molar-refractivity contribution in [2.45, 2.75) is 0 Å². The first-order valence-electron chi connectivity index (χ1n) is 1.85. The zero-order valence-electron chi connectivity index (χ0n) is 3.73. The van der Waals surface area contributed by atoms with E-state index in [1.54, 1.807) is 0 Å². The Morgan fingerprint density at radius 3 is 2.88 bits per heavy atom. The molecule has 2 nitrogen and oxygen atoms in total. The van der Waals surface area contributed by atoms with E-state index in [-0.39, 0.29) is 5.15 Å². The van der Waals surface area contributed by atoms with Crippen molar-refractivity contribution < 1.29 is 4.39 Å². The lowest BCUT2D eigenvalue weighted by Gasteiger charge is -1.82. The molecule has 0 aliphatic heterocycles. The molecule has 0 fully saturated rings. The maximum atomic E-state index is 11.9. The van der Waals surface area contributed by atoms with Gasteiger partial charge in [-0.25, -0.2) is 9.97 Å². The Balaban J connectivity index is 3.08. The van der Waals surface area contributed by atoms with E-state index < -0.39 is 5.95 Å².